The summed E-state index contributed by atoms with van der Waals surface area (Å²) in [5, 5.41) is 9.12. The van der Waals surface area contributed by atoms with E-state index >= 15 is 0 Å². The Morgan fingerprint density at radius 2 is 1.87 bits per heavy atom. The highest BCUT2D eigenvalue weighted by atomic mass is 32.2. The number of rotatable bonds is 6. The van der Waals surface area contributed by atoms with E-state index in [4.69, 9.17) is 0 Å². The Labute approximate surface area is 223 Å². The molecule has 0 saturated heterocycles. The summed E-state index contributed by atoms with van der Waals surface area (Å²) in [4.78, 5) is 53.5. The minimum Gasteiger partial charge on any atom is -0.350 e. The summed E-state index contributed by atoms with van der Waals surface area (Å²) in [6.07, 6.45) is 6.76. The number of aromatic nitrogens is 3. The molecule has 1 saturated carbocycles. The van der Waals surface area contributed by atoms with Gasteiger partial charge in [0.2, 0.25) is 11.8 Å². The fourth-order valence-electron chi connectivity index (χ4n) is 5.30. The smallest absolute Gasteiger partial charge is 0.328 e. The van der Waals surface area contributed by atoms with E-state index in [1.54, 1.807) is 18.3 Å². The molecule has 6 rings (SSSR count). The molecule has 11 heteroatoms. The topological polar surface area (TPSA) is 129 Å². The maximum atomic E-state index is 13.5. The van der Waals surface area contributed by atoms with E-state index in [1.165, 1.54) is 29.1 Å². The Bertz CT molecular complexity index is 1430. The van der Waals surface area contributed by atoms with Crippen molar-refractivity contribution in [3.8, 4) is 11.3 Å². The maximum absolute atomic E-state index is 13.5. The minimum absolute atomic E-state index is 0.153. The molecule has 4 atom stereocenters. The summed E-state index contributed by atoms with van der Waals surface area (Å²) in [6.45, 7) is 3.50. The van der Waals surface area contributed by atoms with E-state index in [0.29, 0.717) is 22.2 Å². The second kappa shape index (κ2) is 9.90. The largest absolute Gasteiger partial charge is 0.350 e. The predicted molar refractivity (Wildman–Crippen MR) is 143 cm³/mol. The SMILES string of the molecule is C=CC(=O)N[C@H]1CCC[C@H]1NC(=O)C1Sc2nccc3c2C1NC(=O)N3c1cc(-c2ccccc2)ncn1. The van der Waals surface area contributed by atoms with Crippen LogP contribution in [0.5, 0.6) is 0 Å². The lowest BCUT2D eigenvalue weighted by atomic mass is 10.00. The summed E-state index contributed by atoms with van der Waals surface area (Å²) in [5.41, 5.74) is 3.03. The fraction of sp³-hybridized carbons (Fsp3) is 0.259. The third kappa shape index (κ3) is 4.28. The van der Waals surface area contributed by atoms with Gasteiger partial charge in [-0.2, -0.15) is 0 Å². The van der Waals surface area contributed by atoms with E-state index in [2.05, 4.69) is 37.5 Å². The van der Waals surface area contributed by atoms with Crippen LogP contribution < -0.4 is 20.9 Å². The standard InChI is InChI=1S/C27H25N7O3S/c1-2-21(35)31-16-9-6-10-17(16)32-25(36)24-23-22-19(11-12-28-26(22)38-24)34(27(37)33-23)20-13-18(29-14-30-20)15-7-4-3-5-8-15/h2-5,7-8,11-14,16-17,23-24H,1,6,9-10H2,(H,31,35)(H,32,36)(H,33,37)/t16-,17+,23?,24?/m0/s1. The monoisotopic (exact) mass is 527 g/mol. The molecule has 2 aromatic heterocycles. The Morgan fingerprint density at radius 3 is 2.66 bits per heavy atom. The van der Waals surface area contributed by atoms with Gasteiger partial charge < -0.3 is 16.0 Å². The number of urea groups is 1. The molecule has 10 nitrogen and oxygen atoms in total. The van der Waals surface area contributed by atoms with Gasteiger partial charge in [-0.3, -0.25) is 9.59 Å². The number of carbonyl (C=O) groups excluding carboxylic acids is 3. The number of amides is 4. The minimum atomic E-state index is -0.591. The van der Waals surface area contributed by atoms with Crippen LogP contribution >= 0.6 is 11.8 Å². The first-order chi connectivity index (χ1) is 18.5. The molecule has 192 valence electrons. The van der Waals surface area contributed by atoms with Crippen molar-refractivity contribution in [1.82, 2.24) is 30.9 Å². The van der Waals surface area contributed by atoms with Crippen LogP contribution in [-0.4, -0.2) is 50.1 Å². The molecule has 3 N–H and O–H groups in total. The third-order valence-electron chi connectivity index (χ3n) is 7.07. The van der Waals surface area contributed by atoms with Crippen LogP contribution in [0.25, 0.3) is 11.3 Å². The van der Waals surface area contributed by atoms with Gasteiger partial charge >= 0.3 is 6.03 Å². The second-order valence-electron chi connectivity index (χ2n) is 9.34. The quantitative estimate of drug-likeness (QED) is 0.420. The van der Waals surface area contributed by atoms with Gasteiger partial charge in [-0.05, 0) is 31.4 Å². The van der Waals surface area contributed by atoms with Crippen molar-refractivity contribution >= 4 is 41.1 Å². The molecular weight excluding hydrogens is 502 g/mol. The van der Waals surface area contributed by atoms with E-state index in [1.807, 2.05) is 30.3 Å². The molecule has 38 heavy (non-hydrogen) atoms. The average Bonchev–Trinajstić information content (AvgIpc) is 3.54. The molecule has 3 aliphatic rings. The number of anilines is 2. The zero-order chi connectivity index (χ0) is 26.2. The van der Waals surface area contributed by atoms with Crippen molar-refractivity contribution < 1.29 is 14.4 Å². The van der Waals surface area contributed by atoms with Gasteiger partial charge in [0.15, 0.2) is 0 Å². The maximum Gasteiger partial charge on any atom is 0.328 e. The van der Waals surface area contributed by atoms with Crippen LogP contribution in [-0.2, 0) is 9.59 Å². The number of thioether (sulfide) groups is 1. The summed E-state index contributed by atoms with van der Waals surface area (Å²) in [5.74, 6) is -0.0314. The summed E-state index contributed by atoms with van der Waals surface area (Å²) in [6, 6.07) is 12.0. The Morgan fingerprint density at radius 1 is 1.08 bits per heavy atom. The van der Waals surface area contributed by atoms with Crippen molar-refractivity contribution in [2.24, 2.45) is 0 Å². The summed E-state index contributed by atoms with van der Waals surface area (Å²) >= 11 is 1.33. The first-order valence-electron chi connectivity index (χ1n) is 12.4. The molecule has 0 radical (unpaired) electrons. The highest BCUT2D eigenvalue weighted by molar-refractivity contribution is 8.01. The highest BCUT2D eigenvalue weighted by Crippen LogP contribution is 2.50. The molecule has 0 bridgehead atoms. The zero-order valence-electron chi connectivity index (χ0n) is 20.3. The molecule has 3 aromatic rings. The number of nitrogens with zero attached hydrogens (tertiary/aromatic N) is 4. The summed E-state index contributed by atoms with van der Waals surface area (Å²) < 4.78 is 0. The van der Waals surface area contributed by atoms with Crippen LogP contribution in [0.4, 0.5) is 16.3 Å². The molecule has 0 spiro atoms. The zero-order valence-corrected chi connectivity index (χ0v) is 21.1. The first-order valence-corrected chi connectivity index (χ1v) is 13.3. The number of hydrogen-bond acceptors (Lipinski definition) is 7. The first kappa shape index (κ1) is 24.1. The molecule has 1 fully saturated rings. The van der Waals surface area contributed by atoms with Gasteiger partial charge in [0.1, 0.15) is 22.4 Å². The van der Waals surface area contributed by atoms with E-state index in [0.717, 1.165) is 30.4 Å². The number of nitrogens with one attached hydrogen (secondary N) is 3. The van der Waals surface area contributed by atoms with Crippen LogP contribution in [0.15, 0.2) is 72.7 Å². The van der Waals surface area contributed by atoms with E-state index < -0.39 is 11.3 Å². The predicted octanol–water partition coefficient (Wildman–Crippen LogP) is 3.25. The number of hydrogen-bond donors (Lipinski definition) is 3. The van der Waals surface area contributed by atoms with Crippen molar-refractivity contribution in [3.63, 3.8) is 0 Å². The Hall–Kier alpha value is -4.25. The normalized spacial score (nSPS) is 23.4. The van der Waals surface area contributed by atoms with Crippen LogP contribution in [0.1, 0.15) is 30.9 Å². The Balaban J connectivity index is 1.27. The number of benzene rings is 1. The number of pyridine rings is 1. The van der Waals surface area contributed by atoms with Crippen molar-refractivity contribution in [2.45, 2.75) is 47.7 Å². The second-order valence-corrected chi connectivity index (χ2v) is 10.5. The lowest BCUT2D eigenvalue weighted by Gasteiger charge is -2.34. The Kier molecular flexibility index (Phi) is 6.28. The van der Waals surface area contributed by atoms with E-state index in [-0.39, 0.29) is 29.9 Å². The molecule has 2 unspecified atom stereocenters. The molecule has 4 heterocycles. The molecule has 2 aliphatic heterocycles. The molecule has 1 aromatic carbocycles. The fourth-order valence-corrected chi connectivity index (χ4v) is 6.54. The van der Waals surface area contributed by atoms with Crippen molar-refractivity contribution in [2.75, 3.05) is 4.90 Å². The summed E-state index contributed by atoms with van der Waals surface area (Å²) in [7, 11) is 0. The van der Waals surface area contributed by atoms with Gasteiger partial charge in [0.25, 0.3) is 0 Å². The van der Waals surface area contributed by atoms with Gasteiger partial charge in [-0.1, -0.05) is 48.7 Å². The van der Waals surface area contributed by atoms with Crippen LogP contribution in [0, 0.1) is 0 Å². The third-order valence-corrected chi connectivity index (χ3v) is 8.36. The lowest BCUT2D eigenvalue weighted by molar-refractivity contribution is -0.122. The van der Waals surface area contributed by atoms with Gasteiger partial charge in [0, 0.05) is 35.5 Å². The van der Waals surface area contributed by atoms with Crippen molar-refractivity contribution in [3.05, 3.63) is 73.2 Å². The van der Waals surface area contributed by atoms with Gasteiger partial charge in [0.05, 0.1) is 17.4 Å². The van der Waals surface area contributed by atoms with Crippen LogP contribution in [0.3, 0.4) is 0 Å². The van der Waals surface area contributed by atoms with Gasteiger partial charge in [-0.25, -0.2) is 24.6 Å². The molecule has 1 aliphatic carbocycles. The molecule has 4 amide bonds. The van der Waals surface area contributed by atoms with Crippen LogP contribution in [0.2, 0.25) is 0 Å². The van der Waals surface area contributed by atoms with Gasteiger partial charge in [-0.15, -0.1) is 0 Å². The molecular formula is C27H25N7O3S. The van der Waals surface area contributed by atoms with Crippen molar-refractivity contribution in [1.29, 1.82) is 0 Å². The highest BCUT2D eigenvalue weighted by Gasteiger charge is 2.47. The van der Waals surface area contributed by atoms with E-state index in [9.17, 15) is 14.4 Å². The number of carbonyl (C=O) groups is 3. The average molecular weight is 528 g/mol. The lowest BCUT2D eigenvalue weighted by Crippen LogP contribution is -2.53.